The number of nitro groups is 1. The molecule has 0 amide bonds. The number of anilines is 1. The molecule has 2 unspecified atom stereocenters. The van der Waals surface area contributed by atoms with Gasteiger partial charge in [-0.1, -0.05) is 34.1 Å². The number of nitrogens with zero attached hydrogens (tertiary/aromatic N) is 2. The van der Waals surface area contributed by atoms with E-state index in [1.165, 1.54) is 16.4 Å². The molecule has 0 aliphatic heterocycles. The number of hydrogen-bond acceptors (Lipinski definition) is 5. The second-order valence-electron chi connectivity index (χ2n) is 5.84. The lowest BCUT2D eigenvalue weighted by molar-refractivity contribution is -0.384. The number of nitro benzene ring substituents is 1. The van der Waals surface area contributed by atoms with Gasteiger partial charge < -0.3 is 5.32 Å². The van der Waals surface area contributed by atoms with Crippen LogP contribution in [0.25, 0.3) is 0 Å². The highest BCUT2D eigenvalue weighted by Gasteiger charge is 2.26. The normalized spacial score (nSPS) is 14.4. The van der Waals surface area contributed by atoms with Gasteiger partial charge in [-0.3, -0.25) is 10.1 Å². The van der Waals surface area contributed by atoms with Gasteiger partial charge in [-0.15, -0.1) is 0 Å². The van der Waals surface area contributed by atoms with Gasteiger partial charge in [0.15, 0.2) is 0 Å². The number of nitrogens with one attached hydrogen (secondary N) is 1. The van der Waals surface area contributed by atoms with Crippen LogP contribution in [-0.2, 0) is 10.0 Å². The van der Waals surface area contributed by atoms with Crippen molar-refractivity contribution in [2.45, 2.75) is 52.0 Å². The van der Waals surface area contributed by atoms with Crippen LogP contribution in [0, 0.1) is 16.0 Å². The Morgan fingerprint density at radius 3 is 2.25 bits per heavy atom. The third-order valence-electron chi connectivity index (χ3n) is 4.39. The molecule has 0 saturated carbocycles. The number of sulfonamides is 1. The topological polar surface area (TPSA) is 92.6 Å². The van der Waals surface area contributed by atoms with Gasteiger partial charge in [0.05, 0.1) is 9.82 Å². The summed E-state index contributed by atoms with van der Waals surface area (Å²) in [6.45, 7) is 10.2. The Morgan fingerprint density at radius 1 is 1.21 bits per heavy atom. The maximum Gasteiger partial charge on any atom is 0.293 e. The molecule has 1 aromatic rings. The van der Waals surface area contributed by atoms with E-state index in [0.717, 1.165) is 12.5 Å². The first-order valence-corrected chi connectivity index (χ1v) is 9.68. The van der Waals surface area contributed by atoms with Gasteiger partial charge >= 0.3 is 0 Å². The van der Waals surface area contributed by atoms with Crippen LogP contribution in [-0.4, -0.2) is 36.8 Å². The molecule has 0 heterocycles. The first kappa shape index (κ1) is 20.4. The van der Waals surface area contributed by atoms with Gasteiger partial charge in [-0.25, -0.2) is 8.42 Å². The van der Waals surface area contributed by atoms with Crippen LogP contribution >= 0.6 is 0 Å². The maximum absolute atomic E-state index is 12.5. The minimum Gasteiger partial charge on any atom is -0.377 e. The molecule has 1 rings (SSSR count). The van der Waals surface area contributed by atoms with Crippen LogP contribution in [0.4, 0.5) is 11.4 Å². The summed E-state index contributed by atoms with van der Waals surface area (Å²) in [5.41, 5.74) is 0.115. The zero-order valence-corrected chi connectivity index (χ0v) is 15.8. The minimum atomic E-state index is -3.72. The molecule has 0 spiro atoms. The van der Waals surface area contributed by atoms with E-state index >= 15 is 0 Å². The van der Waals surface area contributed by atoms with Crippen molar-refractivity contribution in [1.29, 1.82) is 0 Å². The zero-order valence-electron chi connectivity index (χ0n) is 14.9. The molecule has 24 heavy (non-hydrogen) atoms. The Morgan fingerprint density at radius 2 is 1.79 bits per heavy atom. The SMILES string of the molecule is CCC(C)C(C)Nc1ccc(S(=O)(=O)N(CC)CC)cc1[N+](=O)[O-]. The molecule has 0 fully saturated rings. The van der Waals surface area contributed by atoms with E-state index in [4.69, 9.17) is 0 Å². The molecule has 0 aliphatic rings. The number of benzene rings is 1. The molecular weight excluding hydrogens is 330 g/mol. The second kappa shape index (κ2) is 8.43. The average molecular weight is 357 g/mol. The van der Waals surface area contributed by atoms with Crippen LogP contribution < -0.4 is 5.32 Å². The van der Waals surface area contributed by atoms with Crippen LogP contribution in [0.3, 0.4) is 0 Å². The molecule has 0 aromatic heterocycles. The van der Waals surface area contributed by atoms with Gasteiger partial charge in [0.1, 0.15) is 5.69 Å². The quantitative estimate of drug-likeness (QED) is 0.539. The minimum absolute atomic E-state index is 0.0407. The van der Waals surface area contributed by atoms with Crippen molar-refractivity contribution in [3.05, 3.63) is 28.3 Å². The van der Waals surface area contributed by atoms with Crippen LogP contribution in [0.2, 0.25) is 0 Å². The molecule has 2 atom stereocenters. The molecule has 0 aliphatic carbocycles. The fourth-order valence-corrected chi connectivity index (χ4v) is 3.88. The van der Waals surface area contributed by atoms with E-state index < -0.39 is 14.9 Å². The Labute approximate surface area is 144 Å². The van der Waals surface area contributed by atoms with E-state index in [1.807, 2.05) is 6.92 Å². The monoisotopic (exact) mass is 357 g/mol. The van der Waals surface area contributed by atoms with E-state index in [1.54, 1.807) is 13.8 Å². The summed E-state index contributed by atoms with van der Waals surface area (Å²) in [7, 11) is -3.72. The molecule has 7 nitrogen and oxygen atoms in total. The van der Waals surface area contributed by atoms with Gasteiger partial charge in [0.25, 0.3) is 5.69 Å². The Bertz CT molecular complexity index is 672. The van der Waals surface area contributed by atoms with Crippen molar-refractivity contribution in [3.8, 4) is 0 Å². The largest absolute Gasteiger partial charge is 0.377 e. The molecule has 0 radical (unpaired) electrons. The van der Waals surface area contributed by atoms with Gasteiger partial charge in [-0.2, -0.15) is 4.31 Å². The summed E-state index contributed by atoms with van der Waals surface area (Å²) in [6.07, 6.45) is 0.941. The van der Waals surface area contributed by atoms with Crippen molar-refractivity contribution in [3.63, 3.8) is 0 Å². The van der Waals surface area contributed by atoms with Gasteiger partial charge in [-0.05, 0) is 25.0 Å². The highest BCUT2D eigenvalue weighted by atomic mass is 32.2. The lowest BCUT2D eigenvalue weighted by atomic mass is 10.0. The first-order chi connectivity index (χ1) is 11.2. The Hall–Kier alpha value is -1.67. The number of hydrogen-bond donors (Lipinski definition) is 1. The van der Waals surface area contributed by atoms with E-state index in [0.29, 0.717) is 24.7 Å². The highest BCUT2D eigenvalue weighted by Crippen LogP contribution is 2.30. The third-order valence-corrected chi connectivity index (χ3v) is 6.44. The molecular formula is C16H27N3O4S. The van der Waals surface area contributed by atoms with Crippen molar-refractivity contribution in [2.75, 3.05) is 18.4 Å². The van der Waals surface area contributed by atoms with E-state index in [-0.39, 0.29) is 16.6 Å². The van der Waals surface area contributed by atoms with E-state index in [9.17, 15) is 18.5 Å². The van der Waals surface area contributed by atoms with Crippen LogP contribution in [0.1, 0.15) is 41.0 Å². The van der Waals surface area contributed by atoms with Crippen LogP contribution in [0.5, 0.6) is 0 Å². The Kier molecular flexibility index (Phi) is 7.16. The standard InChI is InChI=1S/C16H27N3O4S/c1-6-12(4)13(5)17-15-10-9-14(11-16(15)19(20)21)24(22,23)18(7-2)8-3/h9-13,17H,6-8H2,1-5H3. The lowest BCUT2D eigenvalue weighted by Gasteiger charge is -2.22. The fourth-order valence-electron chi connectivity index (χ4n) is 2.40. The Balaban J connectivity index is 3.28. The molecule has 0 saturated heterocycles. The highest BCUT2D eigenvalue weighted by molar-refractivity contribution is 7.89. The predicted octanol–water partition coefficient (Wildman–Crippen LogP) is 3.47. The lowest BCUT2D eigenvalue weighted by Crippen LogP contribution is -2.30. The van der Waals surface area contributed by atoms with Crippen molar-refractivity contribution < 1.29 is 13.3 Å². The summed E-state index contributed by atoms with van der Waals surface area (Å²) < 4.78 is 26.4. The first-order valence-electron chi connectivity index (χ1n) is 8.24. The summed E-state index contributed by atoms with van der Waals surface area (Å²) in [6, 6.07) is 4.08. The molecule has 1 N–H and O–H groups in total. The second-order valence-corrected chi connectivity index (χ2v) is 7.78. The van der Waals surface area contributed by atoms with Gasteiger partial charge in [0, 0.05) is 25.2 Å². The summed E-state index contributed by atoms with van der Waals surface area (Å²) in [4.78, 5) is 10.8. The van der Waals surface area contributed by atoms with Crippen molar-refractivity contribution in [1.82, 2.24) is 4.31 Å². The summed E-state index contributed by atoms with van der Waals surface area (Å²) >= 11 is 0. The third kappa shape index (κ3) is 4.45. The summed E-state index contributed by atoms with van der Waals surface area (Å²) in [5, 5.41) is 14.5. The maximum atomic E-state index is 12.5. The molecule has 1 aromatic carbocycles. The van der Waals surface area contributed by atoms with E-state index in [2.05, 4.69) is 19.2 Å². The molecule has 8 heteroatoms. The van der Waals surface area contributed by atoms with Crippen LogP contribution in [0.15, 0.2) is 23.1 Å². The average Bonchev–Trinajstić information content (AvgIpc) is 2.54. The molecule has 0 bridgehead atoms. The summed E-state index contributed by atoms with van der Waals surface area (Å²) in [5.74, 6) is 0.337. The van der Waals surface area contributed by atoms with Crippen molar-refractivity contribution >= 4 is 21.4 Å². The fraction of sp³-hybridized carbons (Fsp3) is 0.625. The number of rotatable bonds is 9. The smallest absolute Gasteiger partial charge is 0.293 e. The van der Waals surface area contributed by atoms with Crippen molar-refractivity contribution in [2.24, 2.45) is 5.92 Å². The molecule has 136 valence electrons. The zero-order chi connectivity index (χ0) is 18.5. The predicted molar refractivity (Wildman–Crippen MR) is 95.7 cm³/mol. The van der Waals surface area contributed by atoms with Gasteiger partial charge in [0.2, 0.25) is 10.0 Å².